The van der Waals surface area contributed by atoms with Crippen molar-refractivity contribution in [1.82, 2.24) is 0 Å². The molecule has 1 aliphatic heterocycles. The van der Waals surface area contributed by atoms with E-state index in [0.29, 0.717) is 0 Å². The second-order valence-electron chi connectivity index (χ2n) is 3.93. The van der Waals surface area contributed by atoms with Crippen molar-refractivity contribution in [2.75, 3.05) is 17.7 Å². The van der Waals surface area contributed by atoms with Gasteiger partial charge < -0.3 is 10.4 Å². The summed E-state index contributed by atoms with van der Waals surface area (Å²) in [6.45, 7) is 2.18. The lowest BCUT2D eigenvalue weighted by Crippen LogP contribution is -2.30. The number of para-hydroxylation sites is 1. The number of hydrogen-bond donors (Lipinski definition) is 2. The van der Waals surface area contributed by atoms with Crippen LogP contribution in [0, 0.1) is 0 Å². The fourth-order valence-corrected chi connectivity index (χ4v) is 2.78. The number of amidine groups is 1. The van der Waals surface area contributed by atoms with Gasteiger partial charge in [0, 0.05) is 11.4 Å². The Morgan fingerprint density at radius 2 is 2.19 bits per heavy atom. The molecule has 1 atom stereocenters. The van der Waals surface area contributed by atoms with E-state index in [2.05, 4.69) is 17.2 Å². The molecular weight excluding hydrogens is 220 g/mol. The summed E-state index contributed by atoms with van der Waals surface area (Å²) >= 11 is 1.67. The minimum atomic E-state index is -0.276. The molecule has 2 rings (SSSR count). The van der Waals surface area contributed by atoms with Crippen molar-refractivity contribution in [3.8, 4) is 0 Å². The normalized spacial score (nSPS) is 24.2. The fourth-order valence-electron chi connectivity index (χ4n) is 1.57. The molecule has 0 fully saturated rings. The summed E-state index contributed by atoms with van der Waals surface area (Å²) in [6.07, 6.45) is 0.871. The lowest BCUT2D eigenvalue weighted by molar-refractivity contribution is 0.211. The number of nitrogens with zero attached hydrogens (tertiary/aromatic N) is 1. The smallest absolute Gasteiger partial charge is 0.161 e. The molecule has 0 aromatic heterocycles. The van der Waals surface area contributed by atoms with Gasteiger partial charge in [0.25, 0.3) is 0 Å². The summed E-state index contributed by atoms with van der Waals surface area (Å²) in [6, 6.07) is 9.98. The Bertz CT molecular complexity index is 374. The van der Waals surface area contributed by atoms with Crippen LogP contribution in [-0.2, 0) is 0 Å². The highest BCUT2D eigenvalue weighted by Crippen LogP contribution is 2.30. The quantitative estimate of drug-likeness (QED) is 0.846. The van der Waals surface area contributed by atoms with E-state index in [1.165, 1.54) is 0 Å². The first-order valence-corrected chi connectivity index (χ1v) is 6.42. The van der Waals surface area contributed by atoms with Crippen molar-refractivity contribution in [3.63, 3.8) is 0 Å². The molecule has 3 nitrogen and oxygen atoms in total. The molecule has 86 valence electrons. The molecule has 0 saturated carbocycles. The van der Waals surface area contributed by atoms with Crippen molar-refractivity contribution in [2.45, 2.75) is 18.9 Å². The largest absolute Gasteiger partial charge is 0.394 e. The third-order valence-electron chi connectivity index (χ3n) is 2.79. The van der Waals surface area contributed by atoms with Crippen molar-refractivity contribution in [1.29, 1.82) is 0 Å². The lowest BCUT2D eigenvalue weighted by atomic mass is 10.0. The van der Waals surface area contributed by atoms with Gasteiger partial charge in [0.1, 0.15) is 0 Å². The maximum absolute atomic E-state index is 9.35. The highest BCUT2D eigenvalue weighted by molar-refractivity contribution is 8.14. The predicted molar refractivity (Wildman–Crippen MR) is 70.1 cm³/mol. The lowest BCUT2D eigenvalue weighted by Gasteiger charge is -2.19. The number of benzene rings is 1. The number of aliphatic hydroxyl groups is 1. The molecule has 0 aliphatic carbocycles. The minimum Gasteiger partial charge on any atom is -0.394 e. The van der Waals surface area contributed by atoms with Gasteiger partial charge in [-0.3, -0.25) is 4.99 Å². The molecule has 0 saturated heterocycles. The van der Waals surface area contributed by atoms with Crippen molar-refractivity contribution < 1.29 is 5.11 Å². The fraction of sp³-hybridized carbons (Fsp3) is 0.417. The number of rotatable bonds is 3. The Kier molecular flexibility index (Phi) is 3.51. The average Bonchev–Trinajstić information content (AvgIpc) is 2.75. The Morgan fingerprint density at radius 1 is 1.44 bits per heavy atom. The molecule has 1 aliphatic rings. The first kappa shape index (κ1) is 11.5. The second kappa shape index (κ2) is 4.89. The number of anilines is 1. The zero-order valence-corrected chi connectivity index (χ0v) is 10.1. The highest BCUT2D eigenvalue weighted by Gasteiger charge is 2.33. The van der Waals surface area contributed by atoms with E-state index in [0.717, 1.165) is 23.0 Å². The number of thioether (sulfide) groups is 1. The van der Waals surface area contributed by atoms with E-state index in [1.807, 2.05) is 30.3 Å². The third-order valence-corrected chi connectivity index (χ3v) is 3.94. The van der Waals surface area contributed by atoms with Crippen LogP contribution in [0.4, 0.5) is 5.69 Å². The standard InChI is InChI=1S/C12H16N2OS/c1-2-12(8-15)9-16-11(14-12)13-10-6-4-3-5-7-10/h3-7,15H,2,8-9H2,1H3,(H,13,14). The molecule has 1 unspecified atom stereocenters. The molecule has 0 bridgehead atoms. The van der Waals surface area contributed by atoms with Crippen LogP contribution in [0.1, 0.15) is 13.3 Å². The van der Waals surface area contributed by atoms with Gasteiger partial charge in [-0.2, -0.15) is 0 Å². The molecule has 0 amide bonds. The van der Waals surface area contributed by atoms with E-state index in [1.54, 1.807) is 11.8 Å². The Balaban J connectivity index is 2.08. The van der Waals surface area contributed by atoms with Gasteiger partial charge in [-0.15, -0.1) is 0 Å². The van der Waals surface area contributed by atoms with Crippen molar-refractivity contribution >= 4 is 22.6 Å². The summed E-state index contributed by atoms with van der Waals surface area (Å²) in [5, 5.41) is 13.5. The van der Waals surface area contributed by atoms with Crippen LogP contribution >= 0.6 is 11.8 Å². The molecule has 0 radical (unpaired) electrons. The van der Waals surface area contributed by atoms with Crippen molar-refractivity contribution in [2.24, 2.45) is 4.99 Å². The van der Waals surface area contributed by atoms with Gasteiger partial charge >= 0.3 is 0 Å². The van der Waals surface area contributed by atoms with Crippen LogP contribution in [0.2, 0.25) is 0 Å². The monoisotopic (exact) mass is 236 g/mol. The molecule has 4 heteroatoms. The molecule has 16 heavy (non-hydrogen) atoms. The SMILES string of the molecule is CCC1(CO)CSC(Nc2ccccc2)=N1. The number of aliphatic hydroxyl groups excluding tert-OH is 1. The predicted octanol–water partition coefficient (Wildman–Crippen LogP) is 2.34. The summed E-state index contributed by atoms with van der Waals surface area (Å²) < 4.78 is 0. The molecule has 2 N–H and O–H groups in total. The summed E-state index contributed by atoms with van der Waals surface area (Å²) in [5.41, 5.74) is 0.764. The molecular formula is C12H16N2OS. The van der Waals surface area contributed by atoms with Crippen LogP contribution < -0.4 is 5.32 Å². The zero-order valence-electron chi connectivity index (χ0n) is 9.31. The van der Waals surface area contributed by atoms with E-state index in [9.17, 15) is 5.11 Å². The molecule has 1 aromatic carbocycles. The summed E-state index contributed by atoms with van der Waals surface area (Å²) in [7, 11) is 0. The maximum Gasteiger partial charge on any atom is 0.161 e. The first-order chi connectivity index (χ1) is 7.78. The van der Waals surface area contributed by atoms with E-state index < -0.39 is 0 Å². The summed E-state index contributed by atoms with van der Waals surface area (Å²) in [5.74, 6) is 0.856. The summed E-state index contributed by atoms with van der Waals surface area (Å²) in [4.78, 5) is 4.57. The maximum atomic E-state index is 9.35. The van der Waals surface area contributed by atoms with Gasteiger partial charge in [-0.25, -0.2) is 0 Å². The van der Waals surface area contributed by atoms with Gasteiger partial charge in [0.2, 0.25) is 0 Å². The minimum absolute atomic E-state index is 0.121. The van der Waals surface area contributed by atoms with Crippen LogP contribution in [0.25, 0.3) is 0 Å². The van der Waals surface area contributed by atoms with E-state index in [-0.39, 0.29) is 12.1 Å². The highest BCUT2D eigenvalue weighted by atomic mass is 32.2. The van der Waals surface area contributed by atoms with Crippen LogP contribution in [0.15, 0.2) is 35.3 Å². The third kappa shape index (κ3) is 2.39. The number of nitrogens with one attached hydrogen (secondary N) is 1. The first-order valence-electron chi connectivity index (χ1n) is 5.43. The molecule has 1 aromatic rings. The second-order valence-corrected chi connectivity index (χ2v) is 4.90. The Morgan fingerprint density at radius 3 is 2.75 bits per heavy atom. The molecule has 1 heterocycles. The Hall–Kier alpha value is -1.00. The van der Waals surface area contributed by atoms with E-state index in [4.69, 9.17) is 0 Å². The average molecular weight is 236 g/mol. The van der Waals surface area contributed by atoms with Crippen LogP contribution in [0.5, 0.6) is 0 Å². The van der Waals surface area contributed by atoms with Gasteiger partial charge in [0.15, 0.2) is 5.17 Å². The molecule has 0 spiro atoms. The van der Waals surface area contributed by atoms with Crippen LogP contribution in [-0.4, -0.2) is 28.2 Å². The van der Waals surface area contributed by atoms with E-state index >= 15 is 0 Å². The van der Waals surface area contributed by atoms with Gasteiger partial charge in [-0.1, -0.05) is 36.9 Å². The number of aliphatic imine (C=N–C) groups is 1. The van der Waals surface area contributed by atoms with Gasteiger partial charge in [-0.05, 0) is 18.6 Å². The van der Waals surface area contributed by atoms with Crippen LogP contribution in [0.3, 0.4) is 0 Å². The topological polar surface area (TPSA) is 44.6 Å². The van der Waals surface area contributed by atoms with Gasteiger partial charge in [0.05, 0.1) is 12.1 Å². The Labute approximate surface area is 100.0 Å². The number of hydrogen-bond acceptors (Lipinski definition) is 4. The van der Waals surface area contributed by atoms with Crippen molar-refractivity contribution in [3.05, 3.63) is 30.3 Å². The zero-order chi connectivity index (χ0) is 11.4.